The lowest BCUT2D eigenvalue weighted by molar-refractivity contribution is 0.0977. The standard InChI is InChI=1S/C28H19Br2NO3/c1-2-15-7-9-16(10-8-15)17-13-20(29)26(21(30)14-17)31-22-11-12-23(32)25-24(22)27(33)18-5-3-4-6-19(18)28(25)34/h3-14,31-32H,2H2,1H3. The first kappa shape index (κ1) is 22.6. The summed E-state index contributed by atoms with van der Waals surface area (Å²) in [6.45, 7) is 2.13. The maximum absolute atomic E-state index is 13.4. The summed E-state index contributed by atoms with van der Waals surface area (Å²) in [4.78, 5) is 26.5. The normalized spacial score (nSPS) is 12.3. The van der Waals surface area contributed by atoms with Gasteiger partial charge in [0.2, 0.25) is 0 Å². The molecule has 4 aromatic carbocycles. The molecule has 1 aliphatic carbocycles. The van der Waals surface area contributed by atoms with Crippen molar-refractivity contribution in [1.82, 2.24) is 0 Å². The lowest BCUT2D eigenvalue weighted by Gasteiger charge is -2.22. The van der Waals surface area contributed by atoms with Crippen LogP contribution in [-0.4, -0.2) is 16.7 Å². The zero-order valence-electron chi connectivity index (χ0n) is 18.2. The predicted octanol–water partition coefficient (Wildman–Crippen LogP) is 7.67. The van der Waals surface area contributed by atoms with Crippen LogP contribution in [0.3, 0.4) is 0 Å². The highest BCUT2D eigenvalue weighted by Crippen LogP contribution is 2.42. The van der Waals surface area contributed by atoms with Crippen molar-refractivity contribution in [3.63, 3.8) is 0 Å². The second-order valence-corrected chi connectivity index (χ2v) is 9.79. The summed E-state index contributed by atoms with van der Waals surface area (Å²) < 4.78 is 1.57. The highest BCUT2D eigenvalue weighted by molar-refractivity contribution is 9.11. The first-order chi connectivity index (χ1) is 16.4. The molecule has 0 aliphatic heterocycles. The highest BCUT2D eigenvalue weighted by Gasteiger charge is 2.34. The minimum absolute atomic E-state index is 0.0218. The lowest BCUT2D eigenvalue weighted by atomic mass is 9.82. The van der Waals surface area contributed by atoms with Gasteiger partial charge in [0.1, 0.15) is 5.75 Å². The summed E-state index contributed by atoms with van der Waals surface area (Å²) in [5.74, 6) is -0.878. The third-order valence-electron chi connectivity index (χ3n) is 6.05. The lowest BCUT2D eigenvalue weighted by Crippen LogP contribution is -2.22. The van der Waals surface area contributed by atoms with Crippen LogP contribution in [0.25, 0.3) is 11.1 Å². The van der Waals surface area contributed by atoms with E-state index in [1.807, 2.05) is 12.1 Å². The molecule has 0 spiro atoms. The van der Waals surface area contributed by atoms with Gasteiger partial charge in [0.15, 0.2) is 11.6 Å². The van der Waals surface area contributed by atoms with E-state index in [0.29, 0.717) is 22.5 Å². The van der Waals surface area contributed by atoms with Crippen LogP contribution < -0.4 is 5.32 Å². The van der Waals surface area contributed by atoms with Gasteiger partial charge >= 0.3 is 0 Å². The van der Waals surface area contributed by atoms with E-state index in [0.717, 1.165) is 26.5 Å². The van der Waals surface area contributed by atoms with Gasteiger partial charge in [0.05, 0.1) is 22.5 Å². The number of nitrogens with one attached hydrogen (secondary N) is 1. The Kier molecular flexibility index (Phi) is 5.88. The summed E-state index contributed by atoms with van der Waals surface area (Å²) in [6.07, 6.45) is 0.985. The molecule has 1 aliphatic rings. The average molecular weight is 577 g/mol. The fourth-order valence-electron chi connectivity index (χ4n) is 4.24. The van der Waals surface area contributed by atoms with Gasteiger partial charge < -0.3 is 10.4 Å². The number of benzene rings is 4. The third-order valence-corrected chi connectivity index (χ3v) is 7.30. The topological polar surface area (TPSA) is 66.4 Å². The Labute approximate surface area is 213 Å². The number of phenols is 1. The number of halogens is 2. The zero-order valence-corrected chi connectivity index (χ0v) is 21.3. The van der Waals surface area contributed by atoms with Gasteiger partial charge in [0, 0.05) is 20.1 Å². The van der Waals surface area contributed by atoms with Crippen molar-refractivity contribution in [3.05, 3.63) is 110 Å². The van der Waals surface area contributed by atoms with Crippen molar-refractivity contribution >= 4 is 54.8 Å². The quantitative estimate of drug-likeness (QED) is 0.215. The summed E-state index contributed by atoms with van der Waals surface area (Å²) in [6, 6.07) is 22.2. The molecule has 34 heavy (non-hydrogen) atoms. The Morgan fingerprint density at radius 1 is 0.765 bits per heavy atom. The summed E-state index contributed by atoms with van der Waals surface area (Å²) in [7, 11) is 0. The molecule has 0 heterocycles. The molecule has 0 saturated heterocycles. The number of phenolic OH excluding ortho intramolecular Hbond substituents is 1. The molecule has 0 atom stereocenters. The van der Waals surface area contributed by atoms with E-state index in [1.165, 1.54) is 11.6 Å². The number of rotatable bonds is 4. The zero-order chi connectivity index (χ0) is 24.0. The number of aryl methyl sites for hydroxylation is 1. The van der Waals surface area contributed by atoms with Gasteiger partial charge in [-0.05, 0) is 79.2 Å². The second-order valence-electron chi connectivity index (χ2n) is 8.08. The molecule has 0 unspecified atom stereocenters. The van der Waals surface area contributed by atoms with Gasteiger partial charge in [-0.15, -0.1) is 0 Å². The van der Waals surface area contributed by atoms with Crippen LogP contribution >= 0.6 is 31.9 Å². The minimum Gasteiger partial charge on any atom is -0.507 e. The SMILES string of the molecule is CCc1ccc(-c2cc(Br)c(Nc3ccc(O)c4c3C(=O)c3ccccc3C4=O)c(Br)c2)cc1. The fourth-order valence-corrected chi connectivity index (χ4v) is 5.62. The minimum atomic E-state index is -0.365. The number of carbonyl (C=O) groups is 2. The van der Waals surface area contributed by atoms with E-state index >= 15 is 0 Å². The number of carbonyl (C=O) groups excluding carboxylic acids is 2. The third kappa shape index (κ3) is 3.77. The second kappa shape index (κ2) is 8.85. The van der Waals surface area contributed by atoms with E-state index in [4.69, 9.17) is 0 Å². The van der Waals surface area contributed by atoms with E-state index in [2.05, 4.69) is 68.4 Å². The smallest absolute Gasteiger partial charge is 0.198 e. The molecule has 0 amide bonds. The molecule has 0 radical (unpaired) electrons. The molecule has 4 nitrogen and oxygen atoms in total. The molecule has 6 heteroatoms. The Morgan fingerprint density at radius 2 is 1.35 bits per heavy atom. The van der Waals surface area contributed by atoms with E-state index in [9.17, 15) is 14.7 Å². The van der Waals surface area contributed by atoms with Crippen LogP contribution in [0.5, 0.6) is 5.75 Å². The Morgan fingerprint density at radius 3 is 1.94 bits per heavy atom. The van der Waals surface area contributed by atoms with Gasteiger partial charge in [-0.1, -0.05) is 55.5 Å². The monoisotopic (exact) mass is 575 g/mol. The van der Waals surface area contributed by atoms with Crippen molar-refractivity contribution in [1.29, 1.82) is 0 Å². The van der Waals surface area contributed by atoms with Crippen molar-refractivity contribution in [3.8, 4) is 16.9 Å². The van der Waals surface area contributed by atoms with E-state index < -0.39 is 0 Å². The van der Waals surface area contributed by atoms with E-state index in [-0.39, 0.29) is 28.4 Å². The molecule has 0 fully saturated rings. The summed E-state index contributed by atoms with van der Waals surface area (Å²) in [5.41, 5.74) is 5.37. The van der Waals surface area contributed by atoms with Gasteiger partial charge in [0.25, 0.3) is 0 Å². The number of anilines is 2. The summed E-state index contributed by atoms with van der Waals surface area (Å²) in [5, 5.41) is 13.7. The molecular formula is C28H19Br2NO3. The molecule has 5 rings (SSSR count). The molecule has 2 N–H and O–H groups in total. The number of ketones is 2. The van der Waals surface area contributed by atoms with Crippen molar-refractivity contribution in [2.45, 2.75) is 13.3 Å². The van der Waals surface area contributed by atoms with Gasteiger partial charge in [-0.3, -0.25) is 9.59 Å². The molecular weight excluding hydrogens is 558 g/mol. The first-order valence-corrected chi connectivity index (χ1v) is 12.4. The van der Waals surface area contributed by atoms with Crippen LogP contribution in [-0.2, 0) is 6.42 Å². The van der Waals surface area contributed by atoms with Crippen molar-refractivity contribution in [2.75, 3.05) is 5.32 Å². The Bertz CT molecular complexity index is 1450. The molecule has 4 aromatic rings. The van der Waals surface area contributed by atoms with Crippen molar-refractivity contribution in [2.24, 2.45) is 0 Å². The number of hydrogen-bond donors (Lipinski definition) is 2. The maximum atomic E-state index is 13.4. The number of aromatic hydroxyl groups is 1. The van der Waals surface area contributed by atoms with Gasteiger partial charge in [-0.2, -0.15) is 0 Å². The highest BCUT2D eigenvalue weighted by atomic mass is 79.9. The van der Waals surface area contributed by atoms with Crippen LogP contribution in [0.2, 0.25) is 0 Å². The van der Waals surface area contributed by atoms with E-state index in [1.54, 1.807) is 30.3 Å². The van der Waals surface area contributed by atoms with Crippen LogP contribution in [0.4, 0.5) is 11.4 Å². The van der Waals surface area contributed by atoms with Gasteiger partial charge in [-0.25, -0.2) is 0 Å². The first-order valence-electron chi connectivity index (χ1n) is 10.8. The largest absolute Gasteiger partial charge is 0.507 e. The fraction of sp³-hybridized carbons (Fsp3) is 0.0714. The molecule has 0 bridgehead atoms. The maximum Gasteiger partial charge on any atom is 0.198 e. The van der Waals surface area contributed by atoms with Crippen LogP contribution in [0, 0.1) is 0 Å². The Hall–Kier alpha value is -3.22. The predicted molar refractivity (Wildman–Crippen MR) is 141 cm³/mol. The average Bonchev–Trinajstić information content (AvgIpc) is 2.85. The Balaban J connectivity index is 1.57. The molecule has 168 valence electrons. The molecule has 0 aromatic heterocycles. The number of fused-ring (bicyclic) bond motifs is 2. The van der Waals surface area contributed by atoms with Crippen LogP contribution in [0.15, 0.2) is 81.7 Å². The summed E-state index contributed by atoms with van der Waals surface area (Å²) >= 11 is 7.30. The van der Waals surface area contributed by atoms with Crippen LogP contribution in [0.1, 0.15) is 44.3 Å². The molecule has 0 saturated carbocycles. The number of hydrogen-bond acceptors (Lipinski definition) is 4. The van der Waals surface area contributed by atoms with Crippen molar-refractivity contribution < 1.29 is 14.7 Å².